The third kappa shape index (κ3) is 2.61. The third-order valence-electron chi connectivity index (χ3n) is 1.29. The fraction of sp³-hybridized carbons (Fsp3) is 1.00. The fourth-order valence-electron chi connectivity index (χ4n) is 0.641. The van der Waals surface area contributed by atoms with Crippen molar-refractivity contribution in [3.63, 3.8) is 0 Å². The summed E-state index contributed by atoms with van der Waals surface area (Å²) in [5.74, 6) is 0. The van der Waals surface area contributed by atoms with Gasteiger partial charge in [0.15, 0.2) is 0 Å². The van der Waals surface area contributed by atoms with E-state index >= 15 is 0 Å². The van der Waals surface area contributed by atoms with E-state index in [1.165, 1.54) is 0 Å². The van der Waals surface area contributed by atoms with Crippen LogP contribution in [0.3, 0.4) is 0 Å². The molecule has 3 atom stereocenters. The van der Waals surface area contributed by atoms with Gasteiger partial charge in [-0.3, -0.25) is 5.09 Å². The van der Waals surface area contributed by atoms with Gasteiger partial charge >= 0.3 is 0 Å². The van der Waals surface area contributed by atoms with Crippen LogP contribution in [0.15, 0.2) is 0 Å². The summed E-state index contributed by atoms with van der Waals surface area (Å²) in [6.07, 6.45) is 1.08. The van der Waals surface area contributed by atoms with E-state index in [1.807, 2.05) is 6.92 Å². The molecule has 3 N–H and O–H groups in total. The Morgan fingerprint density at radius 3 is 2.25 bits per heavy atom. The Bertz CT molecular complexity index is 52.4. The van der Waals surface area contributed by atoms with E-state index in [4.69, 9.17) is 5.73 Å². The van der Waals surface area contributed by atoms with Gasteiger partial charge in [0.25, 0.3) is 0 Å². The highest BCUT2D eigenvalue weighted by molar-refractivity contribution is 7.13. The molecule has 3 unspecified atom stereocenters. The number of hydrogen-bond donors (Lipinski definition) is 2. The first-order valence-electron chi connectivity index (χ1n) is 2.94. The molecule has 50 valence electrons. The molecule has 0 radical (unpaired) electrons. The van der Waals surface area contributed by atoms with Gasteiger partial charge in [0, 0.05) is 12.1 Å². The van der Waals surface area contributed by atoms with E-state index in [1.54, 1.807) is 0 Å². The summed E-state index contributed by atoms with van der Waals surface area (Å²) in [6, 6.07) is 0.692. The Kier molecular flexibility index (Phi) is 4.44. The average Bonchev–Trinajstić information content (AvgIpc) is 1.69. The maximum Gasteiger partial charge on any atom is 0.0245 e. The average molecular weight is 134 g/mol. The highest BCUT2D eigenvalue weighted by atomic mass is 31.0. The van der Waals surface area contributed by atoms with Crippen LogP contribution in [0.1, 0.15) is 20.3 Å². The van der Waals surface area contributed by atoms with Crippen LogP contribution in [0, 0.1) is 0 Å². The van der Waals surface area contributed by atoms with Gasteiger partial charge in [0.05, 0.1) is 0 Å². The normalized spacial score (nSPS) is 18.0. The molecule has 3 heteroatoms. The van der Waals surface area contributed by atoms with Crippen LogP contribution in [0.2, 0.25) is 0 Å². The van der Waals surface area contributed by atoms with Crippen molar-refractivity contribution in [3.8, 4) is 0 Å². The monoisotopic (exact) mass is 134 g/mol. The molecule has 0 saturated carbocycles. The number of rotatable bonds is 3. The minimum absolute atomic E-state index is 0.248. The van der Waals surface area contributed by atoms with Crippen LogP contribution < -0.4 is 10.8 Å². The Labute approximate surface area is 53.5 Å². The van der Waals surface area contributed by atoms with Gasteiger partial charge in [-0.15, -0.1) is 0 Å². The minimum Gasteiger partial charge on any atom is -0.327 e. The zero-order chi connectivity index (χ0) is 6.57. The van der Waals surface area contributed by atoms with Gasteiger partial charge in [-0.2, -0.15) is 0 Å². The SMILES string of the molecule is CCC(NP)C(C)N. The van der Waals surface area contributed by atoms with Crippen LogP contribution in [0.5, 0.6) is 0 Å². The Morgan fingerprint density at radius 1 is 1.75 bits per heavy atom. The maximum atomic E-state index is 5.58. The van der Waals surface area contributed by atoms with Crippen molar-refractivity contribution < 1.29 is 0 Å². The van der Waals surface area contributed by atoms with Gasteiger partial charge in [-0.25, -0.2) is 0 Å². The molecule has 0 aliphatic carbocycles. The molecule has 0 bridgehead atoms. The zero-order valence-corrected chi connectivity index (χ0v) is 6.67. The highest BCUT2D eigenvalue weighted by Gasteiger charge is 2.06. The van der Waals surface area contributed by atoms with Crippen molar-refractivity contribution in [1.29, 1.82) is 0 Å². The van der Waals surface area contributed by atoms with Crippen molar-refractivity contribution in [2.24, 2.45) is 5.73 Å². The molecule has 0 saturated heterocycles. The Hall–Kier alpha value is 0.350. The summed E-state index contributed by atoms with van der Waals surface area (Å²) in [5, 5.41) is 3.04. The summed E-state index contributed by atoms with van der Waals surface area (Å²) in [7, 11) is 2.48. The second-order valence-corrected chi connectivity index (χ2v) is 2.37. The van der Waals surface area contributed by atoms with Crippen LogP contribution in [-0.4, -0.2) is 12.1 Å². The van der Waals surface area contributed by atoms with Gasteiger partial charge in [0.1, 0.15) is 0 Å². The molecule has 8 heavy (non-hydrogen) atoms. The molecule has 0 amide bonds. The van der Waals surface area contributed by atoms with E-state index in [9.17, 15) is 0 Å². The molecular weight excluding hydrogens is 119 g/mol. The summed E-state index contributed by atoms with van der Waals surface area (Å²) < 4.78 is 0. The van der Waals surface area contributed by atoms with Gasteiger partial charge in [0.2, 0.25) is 0 Å². The topological polar surface area (TPSA) is 38.0 Å². The van der Waals surface area contributed by atoms with Crippen LogP contribution >= 0.6 is 9.39 Å². The summed E-state index contributed by atoms with van der Waals surface area (Å²) in [5.41, 5.74) is 5.58. The molecule has 0 fully saturated rings. The first-order valence-corrected chi connectivity index (χ1v) is 3.51. The van der Waals surface area contributed by atoms with Gasteiger partial charge in [-0.05, 0) is 13.3 Å². The lowest BCUT2D eigenvalue weighted by atomic mass is 10.1. The van der Waals surface area contributed by atoms with E-state index < -0.39 is 0 Å². The van der Waals surface area contributed by atoms with Crippen LogP contribution in [0.4, 0.5) is 0 Å². The van der Waals surface area contributed by atoms with E-state index in [0.717, 1.165) is 6.42 Å². The van der Waals surface area contributed by atoms with Crippen molar-refractivity contribution in [1.82, 2.24) is 5.09 Å². The van der Waals surface area contributed by atoms with Crippen LogP contribution in [-0.2, 0) is 0 Å². The summed E-state index contributed by atoms with van der Waals surface area (Å²) >= 11 is 0. The Balaban J connectivity index is 3.35. The van der Waals surface area contributed by atoms with E-state index in [-0.39, 0.29) is 6.04 Å². The largest absolute Gasteiger partial charge is 0.327 e. The van der Waals surface area contributed by atoms with Gasteiger partial charge < -0.3 is 5.73 Å². The smallest absolute Gasteiger partial charge is 0.0245 e. The van der Waals surface area contributed by atoms with Crippen molar-refractivity contribution in [2.75, 3.05) is 0 Å². The van der Waals surface area contributed by atoms with Crippen LogP contribution in [0.25, 0.3) is 0 Å². The predicted octanol–water partition coefficient (Wildman–Crippen LogP) is 0.492. The van der Waals surface area contributed by atoms with Crippen molar-refractivity contribution in [3.05, 3.63) is 0 Å². The van der Waals surface area contributed by atoms with Crippen molar-refractivity contribution >= 4 is 9.39 Å². The number of hydrogen-bond acceptors (Lipinski definition) is 2. The molecule has 2 nitrogen and oxygen atoms in total. The quantitative estimate of drug-likeness (QED) is 0.551. The second-order valence-electron chi connectivity index (χ2n) is 2.04. The molecule has 0 aliphatic heterocycles. The predicted molar refractivity (Wildman–Crippen MR) is 40.6 cm³/mol. The lowest BCUT2D eigenvalue weighted by Gasteiger charge is -2.16. The molecule has 0 aromatic carbocycles. The molecule has 0 aliphatic rings. The Morgan fingerprint density at radius 2 is 2.25 bits per heavy atom. The molecule has 0 rings (SSSR count). The standard InChI is InChI=1S/C5H15N2P/c1-3-5(7-8)4(2)6/h4-5,7H,3,6,8H2,1-2H3. The highest BCUT2D eigenvalue weighted by Crippen LogP contribution is 1.96. The number of nitrogens with two attached hydrogens (primary N) is 1. The number of nitrogens with one attached hydrogen (secondary N) is 1. The zero-order valence-electron chi connectivity index (χ0n) is 5.52. The maximum absolute atomic E-state index is 5.58. The summed E-state index contributed by atoms with van der Waals surface area (Å²) in [6.45, 7) is 4.12. The van der Waals surface area contributed by atoms with Gasteiger partial charge in [-0.1, -0.05) is 16.3 Å². The van der Waals surface area contributed by atoms with Crippen molar-refractivity contribution in [2.45, 2.75) is 32.4 Å². The molecule has 0 aromatic rings. The van der Waals surface area contributed by atoms with E-state index in [2.05, 4.69) is 21.4 Å². The minimum atomic E-state index is 0.248. The molecular formula is C5H15N2P. The molecule has 0 aromatic heterocycles. The second kappa shape index (κ2) is 4.25. The fourth-order valence-corrected chi connectivity index (χ4v) is 1.18. The third-order valence-corrected chi connectivity index (χ3v) is 1.72. The first kappa shape index (κ1) is 8.35. The first-order chi connectivity index (χ1) is 3.72. The molecule has 0 heterocycles. The van der Waals surface area contributed by atoms with E-state index in [0.29, 0.717) is 6.04 Å². The lowest BCUT2D eigenvalue weighted by molar-refractivity contribution is 0.516. The lowest BCUT2D eigenvalue weighted by Crippen LogP contribution is -2.38. The molecule has 0 spiro atoms. The summed E-state index contributed by atoms with van der Waals surface area (Å²) in [4.78, 5) is 0.